The molecule has 1 aliphatic rings. The molecule has 0 unspecified atom stereocenters. The average molecular weight is 426 g/mol. The molecule has 0 aromatic heterocycles. The van der Waals surface area contributed by atoms with Crippen LogP contribution in [0.4, 0.5) is 0 Å². The molecule has 6 nitrogen and oxygen atoms in total. The zero-order valence-electron chi connectivity index (χ0n) is 19.2. The molecule has 31 heavy (non-hydrogen) atoms. The van der Waals surface area contributed by atoms with Crippen LogP contribution in [-0.2, 0) is 16.6 Å². The van der Waals surface area contributed by atoms with Crippen molar-refractivity contribution in [2.24, 2.45) is 4.99 Å². The lowest BCUT2D eigenvalue weighted by Crippen LogP contribution is -2.48. The van der Waals surface area contributed by atoms with Crippen LogP contribution in [0.15, 0.2) is 47.5 Å². The molecule has 0 bridgehead atoms. The molecule has 0 spiro atoms. The van der Waals surface area contributed by atoms with Gasteiger partial charge in [0, 0.05) is 38.8 Å². The fourth-order valence-electron chi connectivity index (χ4n) is 4.09. The first-order chi connectivity index (χ1) is 15.1. The second kappa shape index (κ2) is 11.0. The zero-order chi connectivity index (χ0) is 22.1. The lowest BCUT2D eigenvalue weighted by Gasteiger charge is -2.38. The van der Waals surface area contributed by atoms with Crippen LogP contribution < -0.4 is 20.1 Å². The highest BCUT2D eigenvalue weighted by molar-refractivity contribution is 5.79. The Labute approximate surface area is 186 Å². The summed E-state index contributed by atoms with van der Waals surface area (Å²) in [5, 5.41) is 7.00. The fourth-order valence-corrected chi connectivity index (χ4v) is 4.09. The molecule has 2 aromatic carbocycles. The topological polar surface area (TPSA) is 64.1 Å². The summed E-state index contributed by atoms with van der Waals surface area (Å²) in [5.41, 5.74) is 3.72. The molecule has 2 N–H and O–H groups in total. The van der Waals surface area contributed by atoms with Gasteiger partial charge in [-0.05, 0) is 61.1 Å². The van der Waals surface area contributed by atoms with Crippen molar-refractivity contribution < 1.29 is 14.2 Å². The van der Waals surface area contributed by atoms with Crippen LogP contribution in [0.5, 0.6) is 11.5 Å². The van der Waals surface area contributed by atoms with Crippen LogP contribution in [0.1, 0.15) is 29.5 Å². The van der Waals surface area contributed by atoms with Crippen molar-refractivity contribution in [2.75, 3.05) is 47.6 Å². The van der Waals surface area contributed by atoms with Gasteiger partial charge in [0.1, 0.15) is 11.5 Å². The second-order valence-corrected chi connectivity index (χ2v) is 8.03. The third kappa shape index (κ3) is 5.91. The van der Waals surface area contributed by atoms with Crippen LogP contribution in [0, 0.1) is 6.92 Å². The molecule has 2 aromatic rings. The van der Waals surface area contributed by atoms with Gasteiger partial charge in [-0.15, -0.1) is 0 Å². The van der Waals surface area contributed by atoms with E-state index < -0.39 is 0 Å². The highest BCUT2D eigenvalue weighted by atomic mass is 16.5. The highest BCUT2D eigenvalue weighted by Gasteiger charge is 2.34. The highest BCUT2D eigenvalue weighted by Crippen LogP contribution is 2.35. The standard InChI is InChI=1S/C25H35N3O3/c1-19-5-6-20(17-23(19)30-4)11-14-27-24(26-2)28-18-25(12-15-31-16-13-25)21-7-9-22(29-3)10-8-21/h5-10,17H,11-16,18H2,1-4H3,(H2,26,27,28). The number of aliphatic imine (C=N–C) groups is 1. The number of guanidine groups is 1. The average Bonchev–Trinajstić information content (AvgIpc) is 2.83. The summed E-state index contributed by atoms with van der Waals surface area (Å²) in [6.45, 7) is 5.21. The fraction of sp³-hybridized carbons (Fsp3) is 0.480. The minimum absolute atomic E-state index is 0.0203. The first kappa shape index (κ1) is 22.9. The number of aryl methyl sites for hydroxylation is 1. The molecule has 1 saturated heterocycles. The summed E-state index contributed by atoms with van der Waals surface area (Å²) in [6, 6.07) is 14.8. The zero-order valence-corrected chi connectivity index (χ0v) is 19.2. The molecule has 0 atom stereocenters. The van der Waals surface area contributed by atoms with E-state index in [1.165, 1.54) is 11.1 Å². The second-order valence-electron chi connectivity index (χ2n) is 8.03. The molecule has 3 rings (SSSR count). The van der Waals surface area contributed by atoms with Crippen molar-refractivity contribution in [3.05, 3.63) is 59.2 Å². The Morgan fingerprint density at radius 1 is 1.03 bits per heavy atom. The van der Waals surface area contributed by atoms with Gasteiger partial charge in [-0.2, -0.15) is 0 Å². The van der Waals surface area contributed by atoms with E-state index in [1.54, 1.807) is 14.2 Å². The van der Waals surface area contributed by atoms with Gasteiger partial charge in [0.05, 0.1) is 14.2 Å². The van der Waals surface area contributed by atoms with E-state index in [4.69, 9.17) is 14.2 Å². The van der Waals surface area contributed by atoms with Crippen LogP contribution in [0.25, 0.3) is 0 Å². The summed E-state index contributed by atoms with van der Waals surface area (Å²) < 4.78 is 16.4. The third-order valence-electron chi connectivity index (χ3n) is 6.15. The molecule has 6 heteroatoms. The van der Waals surface area contributed by atoms with Crippen molar-refractivity contribution in [3.63, 3.8) is 0 Å². The predicted molar refractivity (Wildman–Crippen MR) is 126 cm³/mol. The van der Waals surface area contributed by atoms with Gasteiger partial charge in [0.2, 0.25) is 0 Å². The van der Waals surface area contributed by atoms with Crippen molar-refractivity contribution >= 4 is 5.96 Å². The van der Waals surface area contributed by atoms with Gasteiger partial charge in [0.25, 0.3) is 0 Å². The van der Waals surface area contributed by atoms with Gasteiger partial charge < -0.3 is 24.8 Å². The Balaban J connectivity index is 1.59. The van der Waals surface area contributed by atoms with Gasteiger partial charge in [-0.1, -0.05) is 24.3 Å². The van der Waals surface area contributed by atoms with Gasteiger partial charge in [-0.25, -0.2) is 0 Å². The monoisotopic (exact) mass is 425 g/mol. The molecule has 168 valence electrons. The largest absolute Gasteiger partial charge is 0.497 e. The molecule has 0 radical (unpaired) electrons. The van der Waals surface area contributed by atoms with Crippen LogP contribution in [0.3, 0.4) is 0 Å². The predicted octanol–water partition coefficient (Wildman–Crippen LogP) is 3.47. The first-order valence-corrected chi connectivity index (χ1v) is 10.9. The van der Waals surface area contributed by atoms with Crippen LogP contribution in [-0.4, -0.2) is 53.5 Å². The molecular weight excluding hydrogens is 390 g/mol. The molecule has 0 saturated carbocycles. The number of rotatable bonds is 8. The van der Waals surface area contributed by atoms with E-state index >= 15 is 0 Å². The van der Waals surface area contributed by atoms with Gasteiger partial charge in [0.15, 0.2) is 5.96 Å². The lowest BCUT2D eigenvalue weighted by molar-refractivity contribution is 0.0513. The van der Waals surface area contributed by atoms with E-state index in [2.05, 4.69) is 52.9 Å². The first-order valence-electron chi connectivity index (χ1n) is 10.9. The minimum atomic E-state index is 0.0203. The number of nitrogens with one attached hydrogen (secondary N) is 2. The SMILES string of the molecule is CN=C(NCCc1ccc(C)c(OC)c1)NCC1(c2ccc(OC)cc2)CCOCC1. The van der Waals surface area contributed by atoms with Crippen molar-refractivity contribution in [1.29, 1.82) is 0 Å². The van der Waals surface area contributed by atoms with Crippen LogP contribution >= 0.6 is 0 Å². The van der Waals surface area contributed by atoms with Gasteiger partial charge >= 0.3 is 0 Å². The normalized spacial score (nSPS) is 15.9. The minimum Gasteiger partial charge on any atom is -0.497 e. The maximum Gasteiger partial charge on any atom is 0.191 e. The molecule has 0 aliphatic carbocycles. The number of hydrogen-bond acceptors (Lipinski definition) is 4. The number of benzene rings is 2. The van der Waals surface area contributed by atoms with E-state index in [-0.39, 0.29) is 5.41 Å². The number of hydrogen-bond donors (Lipinski definition) is 2. The van der Waals surface area contributed by atoms with E-state index in [0.29, 0.717) is 0 Å². The van der Waals surface area contributed by atoms with Crippen LogP contribution in [0.2, 0.25) is 0 Å². The molecule has 1 heterocycles. The Bertz CT molecular complexity index is 859. The van der Waals surface area contributed by atoms with Gasteiger partial charge in [-0.3, -0.25) is 4.99 Å². The molecule has 0 amide bonds. The smallest absolute Gasteiger partial charge is 0.191 e. The summed E-state index contributed by atoms with van der Waals surface area (Å²) >= 11 is 0. The van der Waals surface area contributed by atoms with Crippen molar-refractivity contribution in [3.8, 4) is 11.5 Å². The summed E-state index contributed by atoms with van der Waals surface area (Å²) in [4.78, 5) is 4.42. The van der Waals surface area contributed by atoms with Crippen molar-refractivity contribution in [2.45, 2.75) is 31.6 Å². The van der Waals surface area contributed by atoms with E-state index in [9.17, 15) is 0 Å². The number of ether oxygens (including phenoxy) is 3. The Kier molecular flexibility index (Phi) is 8.18. The Hall–Kier alpha value is -2.73. The number of nitrogens with zero attached hydrogens (tertiary/aromatic N) is 1. The molecular formula is C25H35N3O3. The summed E-state index contributed by atoms with van der Waals surface area (Å²) in [5.74, 6) is 2.63. The third-order valence-corrected chi connectivity index (χ3v) is 6.15. The molecule has 1 aliphatic heterocycles. The maximum atomic E-state index is 5.66. The van der Waals surface area contributed by atoms with Crippen molar-refractivity contribution in [1.82, 2.24) is 10.6 Å². The summed E-state index contributed by atoms with van der Waals surface area (Å²) in [7, 11) is 5.22. The number of methoxy groups -OCH3 is 2. The molecule has 1 fully saturated rings. The Morgan fingerprint density at radius 2 is 1.77 bits per heavy atom. The Morgan fingerprint density at radius 3 is 2.42 bits per heavy atom. The van der Waals surface area contributed by atoms with E-state index in [1.807, 2.05) is 19.2 Å². The maximum absolute atomic E-state index is 5.66. The quantitative estimate of drug-likeness (QED) is 0.501. The van der Waals surface area contributed by atoms with E-state index in [0.717, 1.165) is 68.6 Å². The lowest BCUT2D eigenvalue weighted by atomic mass is 9.74. The summed E-state index contributed by atoms with van der Waals surface area (Å²) in [6.07, 6.45) is 2.85.